The molecule has 0 spiro atoms. The number of benzene rings is 1. The Kier molecular flexibility index (Phi) is 6.10. The number of hydrogen-bond donors (Lipinski definition) is 0. The van der Waals surface area contributed by atoms with Gasteiger partial charge in [0.05, 0.1) is 6.61 Å². The minimum atomic E-state index is 0.113. The van der Waals surface area contributed by atoms with Crippen LogP contribution in [0, 0.1) is 12.8 Å². The first-order chi connectivity index (χ1) is 13.7. The Morgan fingerprint density at radius 2 is 2.00 bits per heavy atom. The van der Waals surface area contributed by atoms with Crippen molar-refractivity contribution in [3.63, 3.8) is 0 Å². The van der Waals surface area contributed by atoms with Crippen LogP contribution in [-0.4, -0.2) is 40.1 Å². The van der Waals surface area contributed by atoms with Crippen molar-refractivity contribution in [2.75, 3.05) is 19.7 Å². The van der Waals surface area contributed by atoms with E-state index >= 15 is 0 Å². The van der Waals surface area contributed by atoms with Crippen molar-refractivity contribution >= 4 is 5.91 Å². The van der Waals surface area contributed by atoms with Crippen LogP contribution in [0.15, 0.2) is 36.5 Å². The van der Waals surface area contributed by atoms with Gasteiger partial charge in [-0.05, 0) is 44.1 Å². The van der Waals surface area contributed by atoms with Gasteiger partial charge in [-0.2, -0.15) is 0 Å². The molecule has 1 atom stereocenters. The van der Waals surface area contributed by atoms with E-state index in [2.05, 4.69) is 16.5 Å². The predicted molar refractivity (Wildman–Crippen MR) is 109 cm³/mol. The van der Waals surface area contributed by atoms with E-state index in [1.807, 2.05) is 41.4 Å². The fourth-order valence-corrected chi connectivity index (χ4v) is 4.33. The SMILES string of the molecule is Cc1cnc(C2CCC2)n1CC1CCCN(C(=O)COCc2ccccc2)C1. The molecule has 5 nitrogen and oxygen atoms in total. The third-order valence-electron chi connectivity index (χ3n) is 6.21. The second-order valence-electron chi connectivity index (χ2n) is 8.32. The van der Waals surface area contributed by atoms with Crippen molar-refractivity contribution in [1.82, 2.24) is 14.5 Å². The Hall–Kier alpha value is -2.14. The minimum Gasteiger partial charge on any atom is -0.367 e. The standard InChI is InChI=1S/C23H31N3O2/c1-18-13-24-23(21-10-5-11-21)26(18)15-20-9-6-12-25(14-20)22(27)17-28-16-19-7-3-2-4-8-19/h2-4,7-8,13,20-21H,5-6,9-12,14-17H2,1H3. The first-order valence-corrected chi connectivity index (χ1v) is 10.6. The van der Waals surface area contributed by atoms with Crippen LogP contribution < -0.4 is 0 Å². The predicted octanol–water partition coefficient (Wildman–Crippen LogP) is 3.91. The van der Waals surface area contributed by atoms with Crippen LogP contribution >= 0.6 is 0 Å². The Morgan fingerprint density at radius 3 is 2.75 bits per heavy atom. The van der Waals surface area contributed by atoms with Crippen molar-refractivity contribution in [3.8, 4) is 0 Å². The van der Waals surface area contributed by atoms with Gasteiger partial charge in [0.25, 0.3) is 0 Å². The van der Waals surface area contributed by atoms with Gasteiger partial charge in [-0.15, -0.1) is 0 Å². The van der Waals surface area contributed by atoms with Gasteiger partial charge < -0.3 is 14.2 Å². The molecule has 4 rings (SSSR count). The number of nitrogens with zero attached hydrogens (tertiary/aromatic N) is 3. The molecule has 150 valence electrons. The van der Waals surface area contributed by atoms with E-state index in [1.54, 1.807) is 0 Å². The Bertz CT molecular complexity index is 782. The van der Waals surface area contributed by atoms with Gasteiger partial charge in [0.2, 0.25) is 5.91 Å². The maximum absolute atomic E-state index is 12.6. The molecule has 1 aromatic heterocycles. The molecule has 1 amide bonds. The summed E-state index contributed by atoms with van der Waals surface area (Å²) >= 11 is 0. The summed E-state index contributed by atoms with van der Waals surface area (Å²) in [6.45, 7) is 5.46. The van der Waals surface area contributed by atoms with Gasteiger partial charge in [-0.1, -0.05) is 36.8 Å². The van der Waals surface area contributed by atoms with E-state index in [4.69, 9.17) is 4.74 Å². The molecule has 0 N–H and O–H groups in total. The molecule has 28 heavy (non-hydrogen) atoms. The average Bonchev–Trinajstić information content (AvgIpc) is 3.02. The average molecular weight is 382 g/mol. The summed E-state index contributed by atoms with van der Waals surface area (Å²) in [6, 6.07) is 10.0. The first-order valence-electron chi connectivity index (χ1n) is 10.6. The van der Waals surface area contributed by atoms with Crippen LogP contribution in [-0.2, 0) is 22.7 Å². The van der Waals surface area contributed by atoms with E-state index < -0.39 is 0 Å². The Balaban J connectivity index is 1.29. The number of carbonyl (C=O) groups excluding carboxylic acids is 1. The second-order valence-corrected chi connectivity index (χ2v) is 8.32. The number of amides is 1. The maximum atomic E-state index is 12.6. The number of hydrogen-bond acceptors (Lipinski definition) is 3. The van der Waals surface area contributed by atoms with Gasteiger partial charge in [-0.3, -0.25) is 4.79 Å². The topological polar surface area (TPSA) is 47.4 Å². The maximum Gasteiger partial charge on any atom is 0.248 e. The number of aryl methyl sites for hydroxylation is 1. The van der Waals surface area contributed by atoms with Gasteiger partial charge >= 0.3 is 0 Å². The number of piperidine rings is 1. The molecular weight excluding hydrogens is 350 g/mol. The minimum absolute atomic E-state index is 0.113. The molecule has 2 aliphatic rings. The van der Waals surface area contributed by atoms with Gasteiger partial charge in [0, 0.05) is 37.4 Å². The lowest BCUT2D eigenvalue weighted by molar-refractivity contribution is -0.138. The number of carbonyl (C=O) groups is 1. The molecule has 1 saturated carbocycles. The van der Waals surface area contributed by atoms with Crippen molar-refractivity contribution in [1.29, 1.82) is 0 Å². The molecule has 2 heterocycles. The van der Waals surface area contributed by atoms with E-state index in [0.717, 1.165) is 31.6 Å². The highest BCUT2D eigenvalue weighted by molar-refractivity contribution is 5.77. The summed E-state index contributed by atoms with van der Waals surface area (Å²) < 4.78 is 8.07. The highest BCUT2D eigenvalue weighted by Gasteiger charge is 2.28. The summed E-state index contributed by atoms with van der Waals surface area (Å²) in [4.78, 5) is 19.3. The van der Waals surface area contributed by atoms with Crippen LogP contribution in [0.25, 0.3) is 0 Å². The molecule has 1 aliphatic carbocycles. The van der Waals surface area contributed by atoms with Crippen LogP contribution in [0.1, 0.15) is 55.1 Å². The summed E-state index contributed by atoms with van der Waals surface area (Å²) in [6.07, 6.45) is 8.12. The quantitative estimate of drug-likeness (QED) is 0.730. The fourth-order valence-electron chi connectivity index (χ4n) is 4.33. The van der Waals surface area contributed by atoms with Crippen LogP contribution in [0.2, 0.25) is 0 Å². The van der Waals surface area contributed by atoms with Crippen LogP contribution in [0.4, 0.5) is 0 Å². The molecule has 1 unspecified atom stereocenters. The number of ether oxygens (including phenoxy) is 1. The molecule has 0 radical (unpaired) electrons. The molecule has 1 aliphatic heterocycles. The number of imidazole rings is 1. The van der Waals surface area contributed by atoms with Crippen molar-refractivity contribution < 1.29 is 9.53 Å². The summed E-state index contributed by atoms with van der Waals surface area (Å²) in [5.41, 5.74) is 2.35. The van der Waals surface area contributed by atoms with E-state index in [9.17, 15) is 4.79 Å². The molecule has 5 heteroatoms. The molecule has 0 bridgehead atoms. The van der Waals surface area contributed by atoms with E-state index in [-0.39, 0.29) is 12.5 Å². The van der Waals surface area contributed by atoms with Gasteiger partial charge in [0.15, 0.2) is 0 Å². The molecular formula is C23H31N3O2. The number of aromatic nitrogens is 2. The first kappa shape index (κ1) is 19.2. The molecule has 2 aromatic rings. The third-order valence-corrected chi connectivity index (χ3v) is 6.21. The molecule has 1 aromatic carbocycles. The lowest BCUT2D eigenvalue weighted by atomic mass is 9.84. The van der Waals surface area contributed by atoms with Gasteiger partial charge in [0.1, 0.15) is 12.4 Å². The van der Waals surface area contributed by atoms with Crippen LogP contribution in [0.5, 0.6) is 0 Å². The van der Waals surface area contributed by atoms with Crippen molar-refractivity contribution in [3.05, 3.63) is 53.6 Å². The second kappa shape index (κ2) is 8.91. The fraction of sp³-hybridized carbons (Fsp3) is 0.565. The largest absolute Gasteiger partial charge is 0.367 e. The lowest BCUT2D eigenvalue weighted by Gasteiger charge is -2.34. The zero-order chi connectivity index (χ0) is 19.3. The molecule has 2 fully saturated rings. The monoisotopic (exact) mass is 381 g/mol. The Labute approximate surface area is 167 Å². The third kappa shape index (κ3) is 4.46. The Morgan fingerprint density at radius 1 is 1.18 bits per heavy atom. The van der Waals surface area contributed by atoms with Crippen molar-refractivity contribution in [2.45, 2.75) is 58.1 Å². The highest BCUT2D eigenvalue weighted by Crippen LogP contribution is 2.36. The normalized spacial score (nSPS) is 20.2. The lowest BCUT2D eigenvalue weighted by Crippen LogP contribution is -2.43. The van der Waals surface area contributed by atoms with Crippen LogP contribution in [0.3, 0.4) is 0 Å². The number of likely N-dealkylation sites (tertiary alicyclic amines) is 1. The smallest absolute Gasteiger partial charge is 0.248 e. The molecule has 1 saturated heterocycles. The zero-order valence-electron chi connectivity index (χ0n) is 16.8. The van der Waals surface area contributed by atoms with Crippen molar-refractivity contribution in [2.24, 2.45) is 5.92 Å². The summed E-state index contributed by atoms with van der Waals surface area (Å²) in [7, 11) is 0. The summed E-state index contributed by atoms with van der Waals surface area (Å²) in [5.74, 6) is 2.51. The number of rotatable bonds is 7. The van der Waals surface area contributed by atoms with E-state index in [1.165, 1.54) is 37.2 Å². The summed E-state index contributed by atoms with van der Waals surface area (Å²) in [5, 5.41) is 0. The van der Waals surface area contributed by atoms with Gasteiger partial charge in [-0.25, -0.2) is 4.98 Å². The highest BCUT2D eigenvalue weighted by atomic mass is 16.5. The van der Waals surface area contributed by atoms with E-state index in [0.29, 0.717) is 18.4 Å². The zero-order valence-corrected chi connectivity index (χ0v) is 16.8.